The number of hydrogen-bond donors (Lipinski definition) is 0. The number of aryl methyl sites for hydroxylation is 1. The quantitative estimate of drug-likeness (QED) is 0.617. The van der Waals surface area contributed by atoms with Crippen LogP contribution in [0.2, 0.25) is 0 Å². The van der Waals surface area contributed by atoms with E-state index in [2.05, 4.69) is 5.92 Å². The number of furan rings is 1. The van der Waals surface area contributed by atoms with Crippen molar-refractivity contribution in [1.29, 1.82) is 0 Å². The molecule has 1 atom stereocenters. The third-order valence-corrected chi connectivity index (χ3v) is 5.89. The second kappa shape index (κ2) is 7.61. The van der Waals surface area contributed by atoms with E-state index in [0.717, 1.165) is 11.1 Å². The van der Waals surface area contributed by atoms with Crippen molar-refractivity contribution in [1.82, 2.24) is 4.31 Å². The molecule has 0 aliphatic rings. The van der Waals surface area contributed by atoms with Crippen LogP contribution < -0.4 is 0 Å². The van der Waals surface area contributed by atoms with E-state index in [4.69, 9.17) is 10.8 Å². The summed E-state index contributed by atoms with van der Waals surface area (Å²) < 4.78 is 33.4. The average molecular weight is 365 g/mol. The van der Waals surface area contributed by atoms with Gasteiger partial charge in [0.2, 0.25) is 10.0 Å². The molecular formula is C21H19NO3S. The third kappa shape index (κ3) is 3.72. The van der Waals surface area contributed by atoms with Crippen molar-refractivity contribution in [2.75, 3.05) is 0 Å². The van der Waals surface area contributed by atoms with E-state index in [1.807, 2.05) is 37.3 Å². The Balaban J connectivity index is 2.07. The molecule has 0 bridgehead atoms. The van der Waals surface area contributed by atoms with E-state index < -0.39 is 16.1 Å². The first-order valence-electron chi connectivity index (χ1n) is 8.14. The first-order chi connectivity index (χ1) is 12.5. The maximum atomic E-state index is 13.3. The third-order valence-electron chi connectivity index (χ3n) is 4.07. The van der Waals surface area contributed by atoms with Crippen molar-refractivity contribution in [3.05, 3.63) is 89.9 Å². The topological polar surface area (TPSA) is 50.5 Å². The second-order valence-electron chi connectivity index (χ2n) is 5.93. The van der Waals surface area contributed by atoms with Gasteiger partial charge in [0.25, 0.3) is 0 Å². The average Bonchev–Trinajstić information content (AvgIpc) is 3.17. The summed E-state index contributed by atoms with van der Waals surface area (Å²) >= 11 is 0. The zero-order valence-electron chi connectivity index (χ0n) is 14.4. The zero-order chi connectivity index (χ0) is 18.6. The molecule has 1 heterocycles. The minimum atomic E-state index is -3.82. The monoisotopic (exact) mass is 365 g/mol. The Morgan fingerprint density at radius 2 is 1.73 bits per heavy atom. The molecular weight excluding hydrogens is 346 g/mol. The molecule has 4 nitrogen and oxygen atoms in total. The lowest BCUT2D eigenvalue weighted by Crippen LogP contribution is -2.33. The van der Waals surface area contributed by atoms with Gasteiger partial charge in [-0.05, 0) is 36.8 Å². The van der Waals surface area contributed by atoms with Crippen LogP contribution in [0.5, 0.6) is 0 Å². The molecule has 3 aromatic rings. The van der Waals surface area contributed by atoms with E-state index in [1.165, 1.54) is 10.6 Å². The highest BCUT2D eigenvalue weighted by atomic mass is 32.2. The van der Waals surface area contributed by atoms with E-state index in [-0.39, 0.29) is 11.4 Å². The van der Waals surface area contributed by atoms with Gasteiger partial charge in [-0.1, -0.05) is 53.9 Å². The molecule has 132 valence electrons. The smallest absolute Gasteiger partial charge is 0.244 e. The van der Waals surface area contributed by atoms with Crippen LogP contribution >= 0.6 is 0 Å². The fourth-order valence-electron chi connectivity index (χ4n) is 2.68. The van der Waals surface area contributed by atoms with E-state index in [1.54, 1.807) is 36.4 Å². The van der Waals surface area contributed by atoms with E-state index in [9.17, 15) is 8.42 Å². The van der Waals surface area contributed by atoms with Crippen LogP contribution in [0.4, 0.5) is 0 Å². The van der Waals surface area contributed by atoms with Crippen molar-refractivity contribution < 1.29 is 12.8 Å². The molecule has 0 radical (unpaired) electrons. The predicted octanol–water partition coefficient (Wildman–Crippen LogP) is 4.15. The van der Waals surface area contributed by atoms with Crippen molar-refractivity contribution in [2.24, 2.45) is 0 Å². The van der Waals surface area contributed by atoms with Gasteiger partial charge >= 0.3 is 0 Å². The van der Waals surface area contributed by atoms with Gasteiger partial charge in [-0.25, -0.2) is 8.42 Å². The lowest BCUT2D eigenvalue weighted by Gasteiger charge is -2.26. The number of benzene rings is 2. The predicted molar refractivity (Wildman–Crippen MR) is 101 cm³/mol. The lowest BCUT2D eigenvalue weighted by atomic mass is 10.2. The summed E-state index contributed by atoms with van der Waals surface area (Å²) in [5.74, 6) is 2.98. The summed E-state index contributed by atoms with van der Waals surface area (Å²) in [5.41, 5.74) is 1.83. The zero-order valence-corrected chi connectivity index (χ0v) is 15.2. The summed E-state index contributed by atoms with van der Waals surface area (Å²) in [4.78, 5) is 0.200. The van der Waals surface area contributed by atoms with Gasteiger partial charge < -0.3 is 4.42 Å². The Kier molecular flexibility index (Phi) is 5.27. The minimum Gasteiger partial charge on any atom is -0.467 e. The normalized spacial score (nSPS) is 12.7. The molecule has 3 rings (SSSR count). The molecule has 2 aromatic carbocycles. The fourth-order valence-corrected chi connectivity index (χ4v) is 4.19. The van der Waals surface area contributed by atoms with Crippen molar-refractivity contribution in [3.63, 3.8) is 0 Å². The van der Waals surface area contributed by atoms with Gasteiger partial charge in [0.15, 0.2) is 0 Å². The Hall–Kier alpha value is -2.81. The van der Waals surface area contributed by atoms with Crippen LogP contribution in [0.3, 0.4) is 0 Å². The van der Waals surface area contributed by atoms with E-state index >= 15 is 0 Å². The standard InChI is InChI=1S/C21H19NO3S/c1-3-20(21-10-7-15-25-21)22(16-18-8-5-4-6-9-18)26(23,24)19-13-11-17(2)12-14-19/h1,4-15,20H,16H2,2H3. The molecule has 26 heavy (non-hydrogen) atoms. The molecule has 0 saturated carbocycles. The van der Waals surface area contributed by atoms with E-state index in [0.29, 0.717) is 5.76 Å². The maximum Gasteiger partial charge on any atom is 0.244 e. The first-order valence-corrected chi connectivity index (χ1v) is 9.58. The van der Waals surface area contributed by atoms with Gasteiger partial charge in [-0.3, -0.25) is 0 Å². The first kappa shape index (κ1) is 18.0. The Morgan fingerprint density at radius 1 is 1.04 bits per heavy atom. The number of nitrogens with zero attached hydrogens (tertiary/aromatic N) is 1. The summed E-state index contributed by atoms with van der Waals surface area (Å²) in [6, 6.07) is 18.6. The Labute approximate surface area is 154 Å². The van der Waals surface area contributed by atoms with Crippen LogP contribution in [0.25, 0.3) is 0 Å². The van der Waals surface area contributed by atoms with Gasteiger partial charge in [-0.15, -0.1) is 6.42 Å². The molecule has 0 aliphatic heterocycles. The number of rotatable bonds is 6. The Morgan fingerprint density at radius 3 is 2.31 bits per heavy atom. The molecule has 0 spiro atoms. The van der Waals surface area contributed by atoms with Gasteiger partial charge in [0, 0.05) is 6.54 Å². The van der Waals surface area contributed by atoms with Crippen LogP contribution in [0, 0.1) is 19.3 Å². The number of sulfonamides is 1. The van der Waals surface area contributed by atoms with Crippen molar-refractivity contribution in [3.8, 4) is 12.3 Å². The number of terminal acetylenes is 1. The minimum absolute atomic E-state index is 0.145. The summed E-state index contributed by atoms with van der Waals surface area (Å²) in [7, 11) is -3.82. The second-order valence-corrected chi connectivity index (χ2v) is 7.82. The maximum absolute atomic E-state index is 13.3. The molecule has 5 heteroatoms. The molecule has 0 amide bonds. The molecule has 1 unspecified atom stereocenters. The summed E-state index contributed by atoms with van der Waals surface area (Å²) in [5, 5.41) is 0. The number of hydrogen-bond acceptors (Lipinski definition) is 3. The van der Waals surface area contributed by atoms with Crippen LogP contribution in [-0.4, -0.2) is 12.7 Å². The van der Waals surface area contributed by atoms with Crippen LogP contribution in [-0.2, 0) is 16.6 Å². The summed E-state index contributed by atoms with van der Waals surface area (Å²) in [6.07, 6.45) is 7.19. The SMILES string of the molecule is C#CC(c1ccco1)N(Cc1ccccc1)S(=O)(=O)c1ccc(C)cc1. The van der Waals surface area contributed by atoms with Crippen molar-refractivity contribution >= 4 is 10.0 Å². The molecule has 0 saturated heterocycles. The highest BCUT2D eigenvalue weighted by Gasteiger charge is 2.33. The van der Waals surface area contributed by atoms with Crippen LogP contribution in [0.1, 0.15) is 22.9 Å². The molecule has 0 aliphatic carbocycles. The van der Waals surface area contributed by atoms with Crippen molar-refractivity contribution in [2.45, 2.75) is 24.4 Å². The summed E-state index contributed by atoms with van der Waals surface area (Å²) in [6.45, 7) is 2.05. The molecule has 0 N–H and O–H groups in total. The lowest BCUT2D eigenvalue weighted by molar-refractivity contribution is 0.326. The highest BCUT2D eigenvalue weighted by molar-refractivity contribution is 7.89. The van der Waals surface area contributed by atoms with Gasteiger partial charge in [0.1, 0.15) is 11.8 Å². The van der Waals surface area contributed by atoms with Crippen LogP contribution in [0.15, 0.2) is 82.3 Å². The van der Waals surface area contributed by atoms with Gasteiger partial charge in [-0.2, -0.15) is 4.31 Å². The van der Waals surface area contributed by atoms with Gasteiger partial charge in [0.05, 0.1) is 11.2 Å². The fraction of sp³-hybridized carbons (Fsp3) is 0.143. The molecule has 1 aromatic heterocycles. The Bertz CT molecular complexity index is 986. The largest absolute Gasteiger partial charge is 0.467 e. The highest BCUT2D eigenvalue weighted by Crippen LogP contribution is 2.29. The molecule has 0 fully saturated rings.